The second kappa shape index (κ2) is 9.09. The van der Waals surface area contributed by atoms with Crippen molar-refractivity contribution in [3.63, 3.8) is 0 Å². The van der Waals surface area contributed by atoms with Crippen molar-refractivity contribution in [2.24, 2.45) is 0 Å². The van der Waals surface area contributed by atoms with Crippen LogP contribution in [0.25, 0.3) is 11.4 Å². The number of halogens is 3. The summed E-state index contributed by atoms with van der Waals surface area (Å²) < 4.78 is 27.1. The second-order valence-corrected chi connectivity index (χ2v) is 6.88. The number of benzene rings is 1. The fourth-order valence-corrected chi connectivity index (χ4v) is 2.91. The molecule has 0 saturated carbocycles. The first-order valence-corrected chi connectivity index (χ1v) is 9.45. The molecule has 2 aromatic heterocycles. The number of aromatic nitrogens is 4. The van der Waals surface area contributed by atoms with Gasteiger partial charge in [-0.25, -0.2) is 18.4 Å². The van der Waals surface area contributed by atoms with Gasteiger partial charge in [-0.05, 0) is 55.3 Å². The quantitative estimate of drug-likeness (QED) is 0.625. The van der Waals surface area contributed by atoms with E-state index < -0.39 is 6.43 Å². The molecule has 0 fully saturated rings. The lowest BCUT2D eigenvalue weighted by molar-refractivity contribution is -0.120. The molecular weight excluding hydrogens is 400 g/mol. The molecule has 3 aromatic rings. The van der Waals surface area contributed by atoms with Gasteiger partial charge < -0.3 is 5.32 Å². The molecule has 0 aliphatic rings. The largest absolute Gasteiger partial charge is 0.352 e. The zero-order valence-corrected chi connectivity index (χ0v) is 16.7. The highest BCUT2D eigenvalue weighted by Gasteiger charge is 2.15. The van der Waals surface area contributed by atoms with E-state index in [0.29, 0.717) is 28.8 Å². The number of pyridine rings is 1. The number of nitrogens with zero attached hydrogens (tertiary/aromatic N) is 4. The first-order valence-electron chi connectivity index (χ1n) is 9.07. The molecule has 0 aliphatic carbocycles. The van der Waals surface area contributed by atoms with Crippen LogP contribution in [-0.2, 0) is 24.3 Å². The monoisotopic (exact) mass is 419 g/mol. The van der Waals surface area contributed by atoms with E-state index in [1.807, 2.05) is 26.0 Å². The fraction of sp³-hybridized carbons (Fsp3) is 0.300. The number of alkyl halides is 2. The van der Waals surface area contributed by atoms with Crippen LogP contribution in [-0.4, -0.2) is 25.7 Å². The van der Waals surface area contributed by atoms with Crippen LogP contribution in [0, 0.1) is 6.92 Å². The predicted molar refractivity (Wildman–Crippen MR) is 106 cm³/mol. The van der Waals surface area contributed by atoms with Crippen LogP contribution in [0.4, 0.5) is 8.78 Å². The van der Waals surface area contributed by atoms with Crippen molar-refractivity contribution in [2.75, 3.05) is 0 Å². The number of carbonyl (C=O) groups is 1. The van der Waals surface area contributed by atoms with E-state index in [1.165, 1.54) is 12.3 Å². The van der Waals surface area contributed by atoms with Crippen LogP contribution in [0.5, 0.6) is 0 Å². The number of amides is 1. The maximum atomic E-state index is 12.7. The summed E-state index contributed by atoms with van der Waals surface area (Å²) >= 11 is 6.07. The van der Waals surface area contributed by atoms with Crippen molar-refractivity contribution in [2.45, 2.75) is 39.8 Å². The number of hydrogen-bond donors (Lipinski definition) is 1. The topological polar surface area (TPSA) is 72.7 Å². The van der Waals surface area contributed by atoms with Crippen LogP contribution in [0.1, 0.15) is 36.0 Å². The molecule has 2 heterocycles. The van der Waals surface area contributed by atoms with Crippen molar-refractivity contribution < 1.29 is 13.6 Å². The summed E-state index contributed by atoms with van der Waals surface area (Å²) in [7, 11) is 0. The van der Waals surface area contributed by atoms with Crippen LogP contribution < -0.4 is 5.32 Å². The second-order valence-electron chi connectivity index (χ2n) is 6.47. The van der Waals surface area contributed by atoms with Crippen molar-refractivity contribution in [1.29, 1.82) is 0 Å². The smallest absolute Gasteiger partial charge is 0.280 e. The van der Waals surface area contributed by atoms with Gasteiger partial charge in [0.15, 0.2) is 5.82 Å². The SMILES string of the molecule is CCn1nc(-c2ccc(Cl)c(C)c2)nc1CC(=O)NCc1ccnc(C(F)F)c1. The Hall–Kier alpha value is -2.87. The lowest BCUT2D eigenvalue weighted by Gasteiger charge is -2.07. The summed E-state index contributed by atoms with van der Waals surface area (Å²) in [6, 6.07) is 8.37. The molecule has 0 unspecified atom stereocenters. The molecule has 0 atom stereocenters. The molecule has 0 spiro atoms. The summed E-state index contributed by atoms with van der Waals surface area (Å²) in [6.45, 7) is 4.50. The van der Waals surface area contributed by atoms with Gasteiger partial charge in [0.2, 0.25) is 5.91 Å². The van der Waals surface area contributed by atoms with E-state index in [9.17, 15) is 13.6 Å². The van der Waals surface area contributed by atoms with E-state index in [0.717, 1.165) is 11.1 Å². The standard InChI is InChI=1S/C20H20ClF2N5O/c1-3-28-17(26-20(27-28)14-4-5-15(21)12(2)8-14)10-18(29)25-11-13-6-7-24-16(9-13)19(22)23/h4-9,19H,3,10-11H2,1-2H3,(H,25,29). The molecule has 1 amide bonds. The Balaban J connectivity index is 1.69. The summed E-state index contributed by atoms with van der Waals surface area (Å²) in [5.41, 5.74) is 1.97. The maximum Gasteiger partial charge on any atom is 0.280 e. The third-order valence-corrected chi connectivity index (χ3v) is 4.77. The van der Waals surface area contributed by atoms with Gasteiger partial charge in [-0.3, -0.25) is 9.78 Å². The van der Waals surface area contributed by atoms with E-state index in [4.69, 9.17) is 11.6 Å². The normalized spacial score (nSPS) is 11.1. The number of carbonyl (C=O) groups excluding carboxylic acids is 1. The lowest BCUT2D eigenvalue weighted by atomic mass is 10.1. The highest BCUT2D eigenvalue weighted by atomic mass is 35.5. The average molecular weight is 420 g/mol. The van der Waals surface area contributed by atoms with Gasteiger partial charge in [0, 0.05) is 29.9 Å². The molecule has 3 rings (SSSR count). The van der Waals surface area contributed by atoms with Gasteiger partial charge in [-0.2, -0.15) is 5.10 Å². The number of hydrogen-bond acceptors (Lipinski definition) is 4. The lowest BCUT2D eigenvalue weighted by Crippen LogP contribution is -2.26. The highest BCUT2D eigenvalue weighted by molar-refractivity contribution is 6.31. The number of rotatable bonds is 7. The molecule has 0 bridgehead atoms. The number of nitrogens with one attached hydrogen (secondary N) is 1. The zero-order chi connectivity index (χ0) is 21.0. The Kier molecular flexibility index (Phi) is 6.53. The molecular formula is C20H20ClF2N5O. The van der Waals surface area contributed by atoms with E-state index >= 15 is 0 Å². The molecule has 0 aliphatic heterocycles. The molecule has 6 nitrogen and oxygen atoms in total. The fourth-order valence-electron chi connectivity index (χ4n) is 2.79. The Labute approximate surface area is 171 Å². The van der Waals surface area contributed by atoms with Gasteiger partial charge in [0.1, 0.15) is 11.5 Å². The molecule has 0 radical (unpaired) electrons. The zero-order valence-electron chi connectivity index (χ0n) is 16.0. The first-order chi connectivity index (χ1) is 13.9. The highest BCUT2D eigenvalue weighted by Crippen LogP contribution is 2.23. The molecule has 1 aromatic carbocycles. The summed E-state index contributed by atoms with van der Waals surface area (Å²) in [6.07, 6.45) is -1.32. The van der Waals surface area contributed by atoms with E-state index in [1.54, 1.807) is 16.8 Å². The van der Waals surface area contributed by atoms with Gasteiger partial charge in [0.25, 0.3) is 6.43 Å². The van der Waals surface area contributed by atoms with E-state index in [-0.39, 0.29) is 24.6 Å². The van der Waals surface area contributed by atoms with Crippen LogP contribution >= 0.6 is 11.6 Å². The van der Waals surface area contributed by atoms with Crippen molar-refractivity contribution in [1.82, 2.24) is 25.1 Å². The molecule has 9 heteroatoms. The van der Waals surface area contributed by atoms with Crippen LogP contribution in [0.15, 0.2) is 36.5 Å². The van der Waals surface area contributed by atoms with Crippen LogP contribution in [0.3, 0.4) is 0 Å². The molecule has 29 heavy (non-hydrogen) atoms. The van der Waals surface area contributed by atoms with Crippen molar-refractivity contribution in [3.8, 4) is 11.4 Å². The molecule has 1 N–H and O–H groups in total. The van der Waals surface area contributed by atoms with Crippen molar-refractivity contribution >= 4 is 17.5 Å². The van der Waals surface area contributed by atoms with Gasteiger partial charge >= 0.3 is 0 Å². The third-order valence-electron chi connectivity index (χ3n) is 4.34. The first kappa shape index (κ1) is 20.9. The van der Waals surface area contributed by atoms with Gasteiger partial charge in [-0.15, -0.1) is 0 Å². The Morgan fingerprint density at radius 2 is 2.07 bits per heavy atom. The number of aryl methyl sites for hydroxylation is 2. The Morgan fingerprint density at radius 1 is 1.28 bits per heavy atom. The van der Waals surface area contributed by atoms with Crippen molar-refractivity contribution in [3.05, 3.63) is 64.2 Å². The van der Waals surface area contributed by atoms with Gasteiger partial charge in [-0.1, -0.05) is 11.6 Å². The summed E-state index contributed by atoms with van der Waals surface area (Å²) in [4.78, 5) is 20.4. The third kappa shape index (κ3) is 5.14. The molecule has 0 saturated heterocycles. The Bertz CT molecular complexity index is 1020. The van der Waals surface area contributed by atoms with Gasteiger partial charge in [0.05, 0.1) is 6.42 Å². The van der Waals surface area contributed by atoms with E-state index in [2.05, 4.69) is 20.4 Å². The minimum atomic E-state index is -2.65. The minimum Gasteiger partial charge on any atom is -0.352 e. The molecule has 152 valence electrons. The van der Waals surface area contributed by atoms with Crippen LogP contribution in [0.2, 0.25) is 5.02 Å². The maximum absolute atomic E-state index is 12.7. The predicted octanol–water partition coefficient (Wildman–Crippen LogP) is 4.12. The average Bonchev–Trinajstić information content (AvgIpc) is 3.11. The summed E-state index contributed by atoms with van der Waals surface area (Å²) in [5, 5.41) is 7.84. The Morgan fingerprint density at radius 3 is 2.76 bits per heavy atom. The minimum absolute atomic E-state index is 0.0280. The summed E-state index contributed by atoms with van der Waals surface area (Å²) in [5.74, 6) is 0.766.